The molecule has 0 aliphatic carbocycles. The number of para-hydroxylation sites is 1. The molecule has 0 saturated heterocycles. The first-order valence-electron chi connectivity index (χ1n) is 7.08. The lowest BCUT2D eigenvalue weighted by atomic mass is 10.1. The van der Waals surface area contributed by atoms with Gasteiger partial charge in [-0.3, -0.25) is 4.79 Å². The van der Waals surface area contributed by atoms with E-state index in [4.69, 9.17) is 12.2 Å². The summed E-state index contributed by atoms with van der Waals surface area (Å²) < 4.78 is 1.16. The van der Waals surface area contributed by atoms with Crippen LogP contribution in [0.3, 0.4) is 0 Å². The number of benzene rings is 2. The summed E-state index contributed by atoms with van der Waals surface area (Å²) in [5, 5.41) is 6.88. The van der Waals surface area contributed by atoms with Gasteiger partial charge in [-0.1, -0.05) is 24.3 Å². The van der Waals surface area contributed by atoms with Crippen LogP contribution < -0.4 is 10.6 Å². The Morgan fingerprint density at radius 2 is 2.00 bits per heavy atom. The lowest BCUT2D eigenvalue weighted by molar-refractivity contribution is -0.117. The van der Waals surface area contributed by atoms with Crippen molar-refractivity contribution < 1.29 is 4.79 Å². The van der Waals surface area contributed by atoms with E-state index in [1.54, 1.807) is 11.3 Å². The smallest absolute Gasteiger partial charge is 0.222 e. The van der Waals surface area contributed by atoms with Gasteiger partial charge in [-0.15, -0.1) is 11.3 Å². The predicted octanol–water partition coefficient (Wildman–Crippen LogP) is 4.10. The zero-order chi connectivity index (χ0) is 16.4. The van der Waals surface area contributed by atoms with Crippen LogP contribution in [0.5, 0.6) is 0 Å². The van der Waals surface area contributed by atoms with Gasteiger partial charge in [-0.05, 0) is 42.9 Å². The van der Waals surface area contributed by atoms with Gasteiger partial charge in [0, 0.05) is 18.2 Å². The number of amides is 1. The summed E-state index contributed by atoms with van der Waals surface area (Å²) >= 11 is 6.78. The van der Waals surface area contributed by atoms with Crippen LogP contribution in [-0.2, 0) is 4.79 Å². The highest BCUT2D eigenvalue weighted by molar-refractivity contribution is 7.80. The number of nitrogens with one attached hydrogen (secondary N) is 2. The molecule has 3 rings (SSSR count). The third kappa shape index (κ3) is 3.55. The summed E-state index contributed by atoms with van der Waals surface area (Å²) in [6.07, 6.45) is 0. The molecule has 0 aliphatic heterocycles. The second kappa shape index (κ2) is 6.44. The normalized spacial score (nSPS) is 10.5. The number of nitrogens with zero attached hydrogens (tertiary/aromatic N) is 1. The maximum Gasteiger partial charge on any atom is 0.222 e. The summed E-state index contributed by atoms with van der Waals surface area (Å²) in [6, 6.07) is 14.1. The van der Waals surface area contributed by atoms with Gasteiger partial charge in [0.2, 0.25) is 5.91 Å². The molecule has 6 heteroatoms. The van der Waals surface area contributed by atoms with Crippen molar-refractivity contribution in [2.75, 3.05) is 5.32 Å². The molecular weight excluding hydrogens is 326 g/mol. The molecule has 0 bridgehead atoms. The molecule has 0 fully saturated rings. The highest BCUT2D eigenvalue weighted by Gasteiger charge is 2.09. The van der Waals surface area contributed by atoms with Crippen LogP contribution in [0, 0.1) is 6.92 Å². The molecule has 0 spiro atoms. The molecule has 0 unspecified atom stereocenters. The SMILES string of the molecule is CC(=O)NC(=S)Nc1cc(-c2nc3ccccc3s2)ccc1C. The highest BCUT2D eigenvalue weighted by Crippen LogP contribution is 2.32. The predicted molar refractivity (Wildman–Crippen MR) is 99.8 cm³/mol. The molecule has 4 nitrogen and oxygen atoms in total. The number of carbonyl (C=O) groups excluding carboxylic acids is 1. The Balaban J connectivity index is 1.93. The fourth-order valence-electron chi connectivity index (χ4n) is 2.20. The van der Waals surface area contributed by atoms with E-state index in [2.05, 4.69) is 21.7 Å². The molecular formula is C17H15N3OS2. The molecule has 116 valence electrons. The molecule has 3 aromatic rings. The molecule has 1 aromatic heterocycles. The van der Waals surface area contributed by atoms with E-state index in [1.807, 2.05) is 43.3 Å². The summed E-state index contributed by atoms with van der Waals surface area (Å²) in [5.74, 6) is -0.192. The number of fused-ring (bicyclic) bond motifs is 1. The van der Waals surface area contributed by atoms with Crippen molar-refractivity contribution in [3.05, 3.63) is 48.0 Å². The van der Waals surface area contributed by atoms with Crippen LogP contribution in [0.15, 0.2) is 42.5 Å². The van der Waals surface area contributed by atoms with Gasteiger partial charge in [0.15, 0.2) is 5.11 Å². The zero-order valence-corrected chi connectivity index (χ0v) is 14.3. The Kier molecular flexibility index (Phi) is 4.36. The van der Waals surface area contributed by atoms with Gasteiger partial charge in [0.05, 0.1) is 10.2 Å². The second-order valence-corrected chi connectivity index (χ2v) is 6.59. The Labute approximate surface area is 143 Å². The minimum absolute atomic E-state index is 0.192. The lowest BCUT2D eigenvalue weighted by Crippen LogP contribution is -2.32. The largest absolute Gasteiger partial charge is 0.332 e. The summed E-state index contributed by atoms with van der Waals surface area (Å²) in [7, 11) is 0. The van der Waals surface area contributed by atoms with Gasteiger partial charge in [0.25, 0.3) is 0 Å². The van der Waals surface area contributed by atoms with Crippen molar-refractivity contribution >= 4 is 50.5 Å². The zero-order valence-electron chi connectivity index (χ0n) is 12.7. The Morgan fingerprint density at radius 3 is 2.74 bits per heavy atom. The summed E-state index contributed by atoms with van der Waals surface area (Å²) in [6.45, 7) is 3.42. The minimum atomic E-state index is -0.192. The first-order valence-corrected chi connectivity index (χ1v) is 8.30. The third-order valence-corrected chi connectivity index (χ3v) is 4.61. The average molecular weight is 341 g/mol. The number of aromatic nitrogens is 1. The van der Waals surface area contributed by atoms with Gasteiger partial charge < -0.3 is 10.6 Å². The molecule has 1 amide bonds. The number of thiocarbonyl (C=S) groups is 1. The van der Waals surface area contributed by atoms with Crippen LogP contribution >= 0.6 is 23.6 Å². The van der Waals surface area contributed by atoms with E-state index >= 15 is 0 Å². The van der Waals surface area contributed by atoms with E-state index in [0.717, 1.165) is 32.0 Å². The number of anilines is 1. The maximum absolute atomic E-state index is 11.1. The van der Waals surface area contributed by atoms with E-state index in [9.17, 15) is 4.79 Å². The Morgan fingerprint density at radius 1 is 1.22 bits per heavy atom. The molecule has 0 saturated carbocycles. The van der Waals surface area contributed by atoms with Crippen LogP contribution in [0.1, 0.15) is 12.5 Å². The molecule has 2 aromatic carbocycles. The summed E-state index contributed by atoms with van der Waals surface area (Å²) in [4.78, 5) is 15.7. The monoisotopic (exact) mass is 341 g/mol. The van der Waals surface area contributed by atoms with Crippen LogP contribution in [0.2, 0.25) is 0 Å². The molecule has 23 heavy (non-hydrogen) atoms. The van der Waals surface area contributed by atoms with E-state index < -0.39 is 0 Å². The molecule has 0 radical (unpaired) electrons. The molecule has 0 atom stereocenters. The van der Waals surface area contributed by atoms with Crippen molar-refractivity contribution in [2.45, 2.75) is 13.8 Å². The van der Waals surface area contributed by atoms with Crippen molar-refractivity contribution in [2.24, 2.45) is 0 Å². The number of rotatable bonds is 2. The van der Waals surface area contributed by atoms with E-state index in [-0.39, 0.29) is 5.91 Å². The minimum Gasteiger partial charge on any atom is -0.332 e. The van der Waals surface area contributed by atoms with Crippen molar-refractivity contribution in [3.8, 4) is 10.6 Å². The first-order chi connectivity index (χ1) is 11.0. The Hall–Kier alpha value is -2.31. The number of hydrogen-bond donors (Lipinski definition) is 2. The summed E-state index contributed by atoms with van der Waals surface area (Å²) in [5.41, 5.74) is 3.92. The third-order valence-electron chi connectivity index (χ3n) is 3.32. The fraction of sp³-hybridized carbons (Fsp3) is 0.118. The number of carbonyl (C=O) groups is 1. The molecule has 2 N–H and O–H groups in total. The van der Waals surface area contributed by atoms with Crippen LogP contribution in [0.25, 0.3) is 20.8 Å². The second-order valence-electron chi connectivity index (χ2n) is 5.15. The number of thiazole rings is 1. The van der Waals surface area contributed by atoms with Gasteiger partial charge in [-0.25, -0.2) is 4.98 Å². The van der Waals surface area contributed by atoms with Crippen molar-refractivity contribution in [3.63, 3.8) is 0 Å². The first kappa shape index (κ1) is 15.6. The molecule has 0 aliphatic rings. The lowest BCUT2D eigenvalue weighted by Gasteiger charge is -2.11. The average Bonchev–Trinajstić information content (AvgIpc) is 2.92. The van der Waals surface area contributed by atoms with Crippen LogP contribution in [-0.4, -0.2) is 16.0 Å². The van der Waals surface area contributed by atoms with Crippen molar-refractivity contribution in [1.82, 2.24) is 10.3 Å². The van der Waals surface area contributed by atoms with Gasteiger partial charge >= 0.3 is 0 Å². The standard InChI is InChI=1S/C17H15N3OS2/c1-10-7-8-12(9-14(10)20-17(22)18-11(2)21)16-19-13-5-3-4-6-15(13)23-16/h3-9H,1-2H3,(H2,18,20,21,22). The Bertz CT molecular complexity index is 869. The number of aryl methyl sites for hydroxylation is 1. The van der Waals surface area contributed by atoms with Gasteiger partial charge in [-0.2, -0.15) is 0 Å². The van der Waals surface area contributed by atoms with Crippen LogP contribution in [0.4, 0.5) is 5.69 Å². The highest BCUT2D eigenvalue weighted by atomic mass is 32.1. The van der Waals surface area contributed by atoms with Crippen molar-refractivity contribution in [1.29, 1.82) is 0 Å². The van der Waals surface area contributed by atoms with E-state index in [1.165, 1.54) is 6.92 Å². The quantitative estimate of drug-likeness (QED) is 0.689. The topological polar surface area (TPSA) is 54.0 Å². The van der Waals surface area contributed by atoms with Gasteiger partial charge in [0.1, 0.15) is 5.01 Å². The maximum atomic E-state index is 11.1. The molecule has 1 heterocycles. The number of hydrogen-bond acceptors (Lipinski definition) is 4. The fourth-order valence-corrected chi connectivity index (χ4v) is 3.41. The van der Waals surface area contributed by atoms with E-state index in [0.29, 0.717) is 5.11 Å².